The first-order valence-electron chi connectivity index (χ1n) is 5.73. The molecule has 0 unspecified atom stereocenters. The summed E-state index contributed by atoms with van der Waals surface area (Å²) < 4.78 is 5.30. The molecule has 1 fully saturated rings. The van der Waals surface area contributed by atoms with E-state index in [4.69, 9.17) is 16.3 Å². The van der Waals surface area contributed by atoms with Gasteiger partial charge in [0.2, 0.25) is 0 Å². The third-order valence-corrected chi connectivity index (χ3v) is 3.89. The highest BCUT2D eigenvalue weighted by Crippen LogP contribution is 2.34. The Balaban J connectivity index is 2.26. The van der Waals surface area contributed by atoms with Crippen molar-refractivity contribution in [3.8, 4) is 0 Å². The Labute approximate surface area is 103 Å². The van der Waals surface area contributed by atoms with Crippen LogP contribution in [0.5, 0.6) is 0 Å². The minimum atomic E-state index is 0.0674. The Morgan fingerprint density at radius 1 is 1.19 bits per heavy atom. The predicted molar refractivity (Wildman–Crippen MR) is 68.4 cm³/mol. The lowest BCUT2D eigenvalue weighted by Gasteiger charge is -2.40. The van der Waals surface area contributed by atoms with Gasteiger partial charge in [-0.25, -0.2) is 0 Å². The van der Waals surface area contributed by atoms with Gasteiger partial charge in [0.1, 0.15) is 0 Å². The molecule has 16 heavy (non-hydrogen) atoms. The maximum absolute atomic E-state index is 6.04. The van der Waals surface area contributed by atoms with Crippen LogP contribution in [0.1, 0.15) is 31.9 Å². The fourth-order valence-corrected chi connectivity index (χ4v) is 2.30. The highest BCUT2D eigenvalue weighted by atomic mass is 35.5. The number of ether oxygens (including phenoxy) is 1. The zero-order valence-corrected chi connectivity index (χ0v) is 11.0. The van der Waals surface area contributed by atoms with E-state index in [0.717, 1.165) is 13.2 Å². The smallest absolute Gasteiger partial charge is 0.0597 e. The second-order valence-corrected chi connectivity index (χ2v) is 6.00. The van der Waals surface area contributed by atoms with Crippen molar-refractivity contribution in [1.82, 2.24) is 0 Å². The molecule has 0 aliphatic carbocycles. The average molecular weight is 239 g/mol. The molecule has 1 nitrogen and oxygen atoms in total. The Kier molecular flexibility index (Phi) is 3.02. The van der Waals surface area contributed by atoms with Gasteiger partial charge in [0, 0.05) is 5.88 Å². The molecule has 1 heterocycles. The molecule has 0 spiro atoms. The van der Waals surface area contributed by atoms with Crippen LogP contribution in [0.3, 0.4) is 0 Å². The third-order valence-electron chi connectivity index (χ3n) is 3.38. The van der Waals surface area contributed by atoms with Crippen LogP contribution in [0, 0.1) is 0 Å². The molecule has 0 bridgehead atoms. The average Bonchev–Trinajstić information content (AvgIpc) is 2.16. The Bertz CT molecular complexity index is 352. The zero-order chi connectivity index (χ0) is 11.8. The van der Waals surface area contributed by atoms with E-state index in [1.54, 1.807) is 0 Å². The van der Waals surface area contributed by atoms with Gasteiger partial charge in [0.05, 0.1) is 18.6 Å². The third kappa shape index (κ3) is 1.99. The Morgan fingerprint density at radius 2 is 1.75 bits per heavy atom. The minimum Gasteiger partial charge on any atom is -0.379 e. The molecule has 88 valence electrons. The van der Waals surface area contributed by atoms with E-state index in [9.17, 15) is 0 Å². The minimum absolute atomic E-state index is 0.0674. The summed E-state index contributed by atoms with van der Waals surface area (Å²) in [6.07, 6.45) is 0. The molecule has 0 saturated carbocycles. The summed E-state index contributed by atoms with van der Waals surface area (Å²) in [5.41, 5.74) is 2.95. The predicted octanol–water partition coefficient (Wildman–Crippen LogP) is 3.49. The second-order valence-electron chi connectivity index (χ2n) is 5.73. The van der Waals surface area contributed by atoms with Crippen LogP contribution >= 0.6 is 11.6 Å². The molecule has 2 rings (SSSR count). The summed E-state index contributed by atoms with van der Waals surface area (Å²) in [6.45, 7) is 8.19. The van der Waals surface area contributed by atoms with Crippen molar-refractivity contribution < 1.29 is 4.74 Å². The first-order chi connectivity index (χ1) is 7.48. The van der Waals surface area contributed by atoms with Gasteiger partial charge in [0.25, 0.3) is 0 Å². The second kappa shape index (κ2) is 4.05. The van der Waals surface area contributed by atoms with Gasteiger partial charge in [-0.3, -0.25) is 0 Å². The molecule has 1 aliphatic heterocycles. The molecule has 0 atom stereocenters. The van der Waals surface area contributed by atoms with E-state index in [0.29, 0.717) is 5.88 Å². The highest BCUT2D eigenvalue weighted by Gasteiger charge is 2.39. The van der Waals surface area contributed by atoms with Crippen molar-refractivity contribution in [2.75, 3.05) is 19.1 Å². The summed E-state index contributed by atoms with van der Waals surface area (Å²) in [7, 11) is 0. The molecular formula is C14H19ClO. The molecule has 0 aromatic heterocycles. The first kappa shape index (κ1) is 11.9. The van der Waals surface area contributed by atoms with Crippen LogP contribution in [0.25, 0.3) is 0 Å². The van der Waals surface area contributed by atoms with Crippen molar-refractivity contribution >= 4 is 11.6 Å². The van der Waals surface area contributed by atoms with Gasteiger partial charge < -0.3 is 4.74 Å². The van der Waals surface area contributed by atoms with Crippen LogP contribution in [-0.4, -0.2) is 19.1 Å². The standard InChI is InChI=1S/C14H19ClO/c1-13(2,3)11-4-6-12(7-5-11)14(8-15)9-16-10-14/h4-7H,8-10H2,1-3H3. The van der Waals surface area contributed by atoms with Gasteiger partial charge in [-0.05, 0) is 16.5 Å². The van der Waals surface area contributed by atoms with Crippen molar-refractivity contribution in [2.45, 2.75) is 31.6 Å². The molecule has 1 saturated heterocycles. The number of hydrogen-bond donors (Lipinski definition) is 0. The number of rotatable bonds is 2. The Morgan fingerprint density at radius 3 is 2.06 bits per heavy atom. The summed E-state index contributed by atoms with van der Waals surface area (Å²) in [5, 5.41) is 0. The van der Waals surface area contributed by atoms with Crippen molar-refractivity contribution in [3.63, 3.8) is 0 Å². The van der Waals surface area contributed by atoms with Crippen molar-refractivity contribution in [3.05, 3.63) is 35.4 Å². The summed E-state index contributed by atoms with van der Waals surface area (Å²) in [5.74, 6) is 0.641. The van der Waals surface area contributed by atoms with E-state index in [1.165, 1.54) is 11.1 Å². The topological polar surface area (TPSA) is 9.23 Å². The first-order valence-corrected chi connectivity index (χ1v) is 6.26. The zero-order valence-electron chi connectivity index (χ0n) is 10.2. The van der Waals surface area contributed by atoms with Crippen LogP contribution < -0.4 is 0 Å². The van der Waals surface area contributed by atoms with Crippen molar-refractivity contribution in [2.24, 2.45) is 0 Å². The maximum Gasteiger partial charge on any atom is 0.0597 e. The fraction of sp³-hybridized carbons (Fsp3) is 0.571. The van der Waals surface area contributed by atoms with Gasteiger partial charge in [-0.1, -0.05) is 45.0 Å². The fourth-order valence-electron chi connectivity index (χ4n) is 1.99. The van der Waals surface area contributed by atoms with Gasteiger partial charge in [0.15, 0.2) is 0 Å². The largest absolute Gasteiger partial charge is 0.379 e. The monoisotopic (exact) mass is 238 g/mol. The molecule has 2 heteroatoms. The lowest BCUT2D eigenvalue weighted by atomic mass is 9.78. The highest BCUT2D eigenvalue weighted by molar-refractivity contribution is 6.18. The lowest BCUT2D eigenvalue weighted by molar-refractivity contribution is -0.0480. The van der Waals surface area contributed by atoms with Crippen LogP contribution in [0.2, 0.25) is 0 Å². The lowest BCUT2D eigenvalue weighted by Crippen LogP contribution is -2.48. The van der Waals surface area contributed by atoms with E-state index in [-0.39, 0.29) is 10.8 Å². The van der Waals surface area contributed by atoms with E-state index >= 15 is 0 Å². The normalized spacial score (nSPS) is 19.2. The molecule has 0 amide bonds. The SMILES string of the molecule is CC(C)(C)c1ccc(C2(CCl)COC2)cc1. The summed E-state index contributed by atoms with van der Waals surface area (Å²) in [6, 6.07) is 8.82. The maximum atomic E-state index is 6.04. The number of halogens is 1. The number of alkyl halides is 1. The van der Waals surface area contributed by atoms with Gasteiger partial charge >= 0.3 is 0 Å². The molecule has 1 aromatic rings. The number of benzene rings is 1. The van der Waals surface area contributed by atoms with Gasteiger partial charge in [-0.15, -0.1) is 11.6 Å². The quantitative estimate of drug-likeness (QED) is 0.717. The van der Waals surface area contributed by atoms with Crippen LogP contribution in [0.4, 0.5) is 0 Å². The van der Waals surface area contributed by atoms with E-state index in [2.05, 4.69) is 45.0 Å². The molecule has 1 aromatic carbocycles. The Hall–Kier alpha value is -0.530. The van der Waals surface area contributed by atoms with E-state index < -0.39 is 0 Å². The molecular weight excluding hydrogens is 220 g/mol. The molecule has 1 aliphatic rings. The van der Waals surface area contributed by atoms with E-state index in [1.807, 2.05) is 0 Å². The van der Waals surface area contributed by atoms with Crippen molar-refractivity contribution in [1.29, 1.82) is 0 Å². The summed E-state index contributed by atoms with van der Waals surface area (Å²) in [4.78, 5) is 0. The van der Waals surface area contributed by atoms with Crippen LogP contribution in [-0.2, 0) is 15.6 Å². The van der Waals surface area contributed by atoms with Gasteiger partial charge in [-0.2, -0.15) is 0 Å². The molecule has 0 radical (unpaired) electrons. The van der Waals surface area contributed by atoms with Crippen LogP contribution in [0.15, 0.2) is 24.3 Å². The summed E-state index contributed by atoms with van der Waals surface area (Å²) >= 11 is 6.04. The number of hydrogen-bond acceptors (Lipinski definition) is 1. The molecule has 0 N–H and O–H groups in total.